The number of hydrogen-bond donors (Lipinski definition) is 1. The second-order valence-electron chi connectivity index (χ2n) is 4.36. The summed E-state index contributed by atoms with van der Waals surface area (Å²) in [4.78, 5) is 15.9. The van der Waals surface area contributed by atoms with E-state index in [0.29, 0.717) is 12.4 Å². The third-order valence-corrected chi connectivity index (χ3v) is 2.82. The van der Waals surface area contributed by atoms with E-state index in [-0.39, 0.29) is 11.7 Å². The molecular formula is C15H18N2O2. The highest BCUT2D eigenvalue weighted by Gasteiger charge is 2.12. The van der Waals surface area contributed by atoms with Gasteiger partial charge in [-0.05, 0) is 18.6 Å². The maximum absolute atomic E-state index is 11.8. The summed E-state index contributed by atoms with van der Waals surface area (Å²) in [6.45, 7) is 2.80. The van der Waals surface area contributed by atoms with Gasteiger partial charge in [-0.2, -0.15) is 0 Å². The van der Waals surface area contributed by atoms with E-state index in [1.807, 2.05) is 30.3 Å². The zero-order valence-electron chi connectivity index (χ0n) is 11.1. The first-order valence-corrected chi connectivity index (χ1v) is 6.60. The summed E-state index contributed by atoms with van der Waals surface area (Å²) in [5, 5.41) is 2.83. The Morgan fingerprint density at radius 2 is 2.05 bits per heavy atom. The Bertz CT molecular complexity index is 520. The van der Waals surface area contributed by atoms with Crippen molar-refractivity contribution >= 4 is 5.91 Å². The summed E-state index contributed by atoms with van der Waals surface area (Å²) in [6, 6.07) is 9.53. The predicted molar refractivity (Wildman–Crippen MR) is 73.8 cm³/mol. The number of oxazole rings is 1. The average molecular weight is 258 g/mol. The van der Waals surface area contributed by atoms with Crippen molar-refractivity contribution in [2.45, 2.75) is 26.2 Å². The first-order valence-electron chi connectivity index (χ1n) is 6.60. The molecule has 0 aliphatic carbocycles. The van der Waals surface area contributed by atoms with E-state index in [2.05, 4.69) is 17.2 Å². The van der Waals surface area contributed by atoms with Crippen LogP contribution in [0.3, 0.4) is 0 Å². The van der Waals surface area contributed by atoms with Crippen molar-refractivity contribution in [3.63, 3.8) is 0 Å². The maximum Gasteiger partial charge on any atom is 0.288 e. The third-order valence-electron chi connectivity index (χ3n) is 2.82. The van der Waals surface area contributed by atoms with Crippen LogP contribution in [0.1, 0.15) is 36.7 Å². The van der Waals surface area contributed by atoms with E-state index in [1.54, 1.807) is 0 Å². The Morgan fingerprint density at radius 1 is 1.26 bits per heavy atom. The van der Waals surface area contributed by atoms with Gasteiger partial charge in [0.15, 0.2) is 0 Å². The number of aromatic nitrogens is 1. The number of hydrogen-bond acceptors (Lipinski definition) is 3. The van der Waals surface area contributed by atoms with Crippen LogP contribution in [0.4, 0.5) is 0 Å². The Balaban J connectivity index is 1.95. The minimum Gasteiger partial charge on any atom is -0.431 e. The molecule has 0 unspecified atom stereocenters. The summed E-state index contributed by atoms with van der Waals surface area (Å²) >= 11 is 0. The fraction of sp³-hybridized carbons (Fsp3) is 0.333. The van der Waals surface area contributed by atoms with E-state index in [0.717, 1.165) is 24.8 Å². The minimum absolute atomic E-state index is 0.203. The van der Waals surface area contributed by atoms with E-state index in [9.17, 15) is 4.79 Å². The molecule has 1 amide bonds. The normalized spacial score (nSPS) is 10.4. The molecule has 0 saturated carbocycles. The van der Waals surface area contributed by atoms with E-state index < -0.39 is 0 Å². The topological polar surface area (TPSA) is 55.1 Å². The number of unbranched alkanes of at least 4 members (excludes halogenated alkanes) is 2. The number of nitrogens with zero attached hydrogens (tertiary/aromatic N) is 1. The zero-order valence-corrected chi connectivity index (χ0v) is 11.1. The van der Waals surface area contributed by atoms with E-state index in [4.69, 9.17) is 4.42 Å². The number of carbonyl (C=O) groups excluding carboxylic acids is 1. The molecule has 0 aliphatic rings. The standard InChI is InChI=1S/C15H18N2O2/c1-2-3-7-10-16-14(18)13-11-17-15(19-13)12-8-5-4-6-9-12/h4-6,8-9,11H,2-3,7,10H2,1H3,(H,16,18). The molecule has 1 heterocycles. The number of benzene rings is 1. The van der Waals surface area contributed by atoms with Gasteiger partial charge in [0.2, 0.25) is 11.7 Å². The van der Waals surface area contributed by atoms with Crippen LogP contribution in [-0.2, 0) is 0 Å². The Labute approximate surface area is 112 Å². The average Bonchev–Trinajstić information content (AvgIpc) is 2.94. The Morgan fingerprint density at radius 3 is 2.79 bits per heavy atom. The molecule has 0 aliphatic heterocycles. The van der Waals surface area contributed by atoms with Crippen molar-refractivity contribution in [3.8, 4) is 11.5 Å². The van der Waals surface area contributed by atoms with E-state index >= 15 is 0 Å². The largest absolute Gasteiger partial charge is 0.431 e. The highest BCUT2D eigenvalue weighted by Crippen LogP contribution is 2.18. The second-order valence-corrected chi connectivity index (χ2v) is 4.36. The fourth-order valence-corrected chi connectivity index (χ4v) is 1.76. The van der Waals surface area contributed by atoms with Crippen molar-refractivity contribution in [3.05, 3.63) is 42.3 Å². The summed E-state index contributed by atoms with van der Waals surface area (Å²) in [5.74, 6) is 0.528. The summed E-state index contributed by atoms with van der Waals surface area (Å²) in [6.07, 6.45) is 4.71. The highest BCUT2D eigenvalue weighted by atomic mass is 16.4. The van der Waals surface area contributed by atoms with Gasteiger partial charge in [-0.1, -0.05) is 38.0 Å². The second kappa shape index (κ2) is 6.73. The molecule has 19 heavy (non-hydrogen) atoms. The van der Waals surface area contributed by atoms with E-state index in [1.165, 1.54) is 6.20 Å². The lowest BCUT2D eigenvalue weighted by atomic mass is 10.2. The molecule has 0 atom stereocenters. The first-order chi connectivity index (χ1) is 9.31. The van der Waals surface area contributed by atoms with Crippen molar-refractivity contribution in [1.82, 2.24) is 10.3 Å². The maximum atomic E-state index is 11.8. The molecular weight excluding hydrogens is 240 g/mol. The molecule has 1 aromatic carbocycles. The number of rotatable bonds is 6. The lowest BCUT2D eigenvalue weighted by molar-refractivity contribution is 0.0926. The molecule has 2 rings (SSSR count). The Kier molecular flexibility index (Phi) is 4.72. The third kappa shape index (κ3) is 3.68. The van der Waals surface area contributed by atoms with Gasteiger partial charge >= 0.3 is 0 Å². The van der Waals surface area contributed by atoms with Gasteiger partial charge in [0.05, 0.1) is 6.20 Å². The molecule has 0 saturated heterocycles. The lowest BCUT2D eigenvalue weighted by Crippen LogP contribution is -2.23. The van der Waals surface area contributed by atoms with Crippen LogP contribution in [0.15, 0.2) is 40.9 Å². The zero-order chi connectivity index (χ0) is 13.5. The molecule has 0 spiro atoms. The van der Waals surface area contributed by atoms with Crippen molar-refractivity contribution in [1.29, 1.82) is 0 Å². The van der Waals surface area contributed by atoms with Crippen molar-refractivity contribution in [2.24, 2.45) is 0 Å². The summed E-state index contributed by atoms with van der Waals surface area (Å²) in [5.41, 5.74) is 0.868. The van der Waals surface area contributed by atoms with Gasteiger partial charge in [-0.15, -0.1) is 0 Å². The van der Waals surface area contributed by atoms with Gasteiger partial charge in [0.1, 0.15) is 0 Å². The summed E-state index contributed by atoms with van der Waals surface area (Å²) in [7, 11) is 0. The van der Waals surface area contributed by atoms with Crippen molar-refractivity contribution in [2.75, 3.05) is 6.54 Å². The molecule has 1 N–H and O–H groups in total. The van der Waals surface area contributed by atoms with Gasteiger partial charge in [0.25, 0.3) is 5.91 Å². The monoisotopic (exact) mass is 258 g/mol. The highest BCUT2D eigenvalue weighted by molar-refractivity contribution is 5.91. The Hall–Kier alpha value is -2.10. The van der Waals surface area contributed by atoms with Crippen LogP contribution in [0, 0.1) is 0 Å². The van der Waals surface area contributed by atoms with Crippen LogP contribution in [0.25, 0.3) is 11.5 Å². The van der Waals surface area contributed by atoms with Gasteiger partial charge in [-0.25, -0.2) is 4.98 Å². The molecule has 2 aromatic rings. The van der Waals surface area contributed by atoms with Crippen LogP contribution in [0.2, 0.25) is 0 Å². The van der Waals surface area contributed by atoms with Gasteiger partial charge in [-0.3, -0.25) is 4.79 Å². The van der Waals surface area contributed by atoms with Gasteiger partial charge in [0, 0.05) is 12.1 Å². The van der Waals surface area contributed by atoms with Crippen LogP contribution < -0.4 is 5.32 Å². The molecule has 0 bridgehead atoms. The SMILES string of the molecule is CCCCCNC(=O)c1cnc(-c2ccccc2)o1. The first kappa shape index (κ1) is 13.3. The quantitative estimate of drug-likeness (QED) is 0.809. The molecule has 4 nitrogen and oxygen atoms in total. The molecule has 4 heteroatoms. The fourth-order valence-electron chi connectivity index (χ4n) is 1.76. The molecule has 0 radical (unpaired) electrons. The van der Waals surface area contributed by atoms with Gasteiger partial charge < -0.3 is 9.73 Å². The summed E-state index contributed by atoms with van der Waals surface area (Å²) < 4.78 is 5.47. The van der Waals surface area contributed by atoms with Crippen LogP contribution in [0.5, 0.6) is 0 Å². The molecule has 1 aromatic heterocycles. The number of amides is 1. The number of nitrogens with one attached hydrogen (secondary N) is 1. The van der Waals surface area contributed by atoms with Crippen LogP contribution >= 0.6 is 0 Å². The minimum atomic E-state index is -0.203. The predicted octanol–water partition coefficient (Wildman–Crippen LogP) is 3.26. The smallest absolute Gasteiger partial charge is 0.288 e. The molecule has 0 fully saturated rings. The molecule has 100 valence electrons. The number of carbonyl (C=O) groups is 1. The van der Waals surface area contributed by atoms with Crippen LogP contribution in [-0.4, -0.2) is 17.4 Å². The van der Waals surface area contributed by atoms with Crippen molar-refractivity contribution < 1.29 is 9.21 Å². The lowest BCUT2D eigenvalue weighted by Gasteiger charge is -2.01.